The van der Waals surface area contributed by atoms with Gasteiger partial charge >= 0.3 is 19.8 Å². The van der Waals surface area contributed by atoms with Crippen LogP contribution < -0.4 is 0 Å². The van der Waals surface area contributed by atoms with E-state index in [0.717, 1.165) is 57.8 Å². The number of unbranched alkanes of at least 4 members (excludes halogenated alkanes) is 19. The van der Waals surface area contributed by atoms with Crippen LogP contribution in [0.4, 0.5) is 0 Å². The van der Waals surface area contributed by atoms with Crippen LogP contribution in [0.3, 0.4) is 0 Å². The van der Waals surface area contributed by atoms with Crippen molar-refractivity contribution in [3.63, 3.8) is 0 Å². The molecule has 292 valence electrons. The molecule has 50 heavy (non-hydrogen) atoms. The third-order valence-electron chi connectivity index (χ3n) is 8.53. The summed E-state index contributed by atoms with van der Waals surface area (Å²) in [5.41, 5.74) is 0. The SMILES string of the molecule is CC/C=C/C/C=C/C=C/C(O)CCCCCCCC(=O)OC[C@H](COP(=O)(O)O)OC(=O)CCCCCCCCCCCCCCCCCC. The highest BCUT2D eigenvalue weighted by Crippen LogP contribution is 2.36. The normalized spacial score (nSPS) is 13.5. The van der Waals surface area contributed by atoms with Crippen molar-refractivity contribution in [1.82, 2.24) is 0 Å². The van der Waals surface area contributed by atoms with Crippen LogP contribution >= 0.6 is 7.82 Å². The molecule has 0 saturated carbocycles. The fourth-order valence-electron chi connectivity index (χ4n) is 5.56. The minimum absolute atomic E-state index is 0.195. The first-order valence-corrected chi connectivity index (χ1v) is 21.4. The van der Waals surface area contributed by atoms with Gasteiger partial charge in [-0.05, 0) is 32.1 Å². The fourth-order valence-corrected chi connectivity index (χ4v) is 5.92. The maximum absolute atomic E-state index is 12.4. The average molecular weight is 729 g/mol. The van der Waals surface area contributed by atoms with Crippen LogP contribution in [0.25, 0.3) is 0 Å². The first-order valence-electron chi connectivity index (χ1n) is 19.9. The Kier molecular flexibility index (Phi) is 34.4. The third-order valence-corrected chi connectivity index (χ3v) is 9.01. The molecule has 2 atom stereocenters. The number of phosphoric ester groups is 1. The van der Waals surface area contributed by atoms with Gasteiger partial charge in [0.05, 0.1) is 12.7 Å². The summed E-state index contributed by atoms with van der Waals surface area (Å²) in [5.74, 6) is -0.957. The van der Waals surface area contributed by atoms with Gasteiger partial charge in [0.15, 0.2) is 6.10 Å². The first-order chi connectivity index (χ1) is 24.2. The van der Waals surface area contributed by atoms with E-state index in [4.69, 9.17) is 19.3 Å². The van der Waals surface area contributed by atoms with Crippen LogP contribution in [0.1, 0.15) is 181 Å². The van der Waals surface area contributed by atoms with Gasteiger partial charge in [-0.1, -0.05) is 172 Å². The number of aliphatic hydroxyl groups excluding tert-OH is 1. The molecular weight excluding hydrogens is 655 g/mol. The number of rotatable bonds is 36. The number of esters is 2. The minimum atomic E-state index is -4.77. The number of aliphatic hydroxyl groups is 1. The quantitative estimate of drug-likeness (QED) is 0.0189. The van der Waals surface area contributed by atoms with Gasteiger partial charge in [0.2, 0.25) is 0 Å². The van der Waals surface area contributed by atoms with Crippen molar-refractivity contribution in [3.05, 3.63) is 36.5 Å². The zero-order valence-electron chi connectivity index (χ0n) is 31.7. The van der Waals surface area contributed by atoms with E-state index in [1.165, 1.54) is 77.0 Å². The highest BCUT2D eigenvalue weighted by molar-refractivity contribution is 7.46. The summed E-state index contributed by atoms with van der Waals surface area (Å²) < 4.78 is 26.3. The summed E-state index contributed by atoms with van der Waals surface area (Å²) in [6.07, 6.45) is 37.4. The lowest BCUT2D eigenvalue weighted by Crippen LogP contribution is -2.29. The third kappa shape index (κ3) is 37.5. The fraction of sp³-hybridized carbons (Fsp3) is 0.800. The van der Waals surface area contributed by atoms with E-state index in [1.807, 2.05) is 18.2 Å². The van der Waals surface area contributed by atoms with Crippen LogP contribution in [0.15, 0.2) is 36.5 Å². The second-order valence-corrected chi connectivity index (χ2v) is 14.7. The molecule has 0 aliphatic carbocycles. The lowest BCUT2D eigenvalue weighted by Gasteiger charge is -2.18. The van der Waals surface area contributed by atoms with Crippen molar-refractivity contribution in [2.24, 2.45) is 0 Å². The Balaban J connectivity index is 4.01. The number of ether oxygens (including phenoxy) is 2. The van der Waals surface area contributed by atoms with E-state index < -0.39 is 38.6 Å². The lowest BCUT2D eigenvalue weighted by molar-refractivity contribution is -0.161. The zero-order valence-corrected chi connectivity index (χ0v) is 32.6. The van der Waals surface area contributed by atoms with Gasteiger partial charge in [-0.25, -0.2) is 4.57 Å². The van der Waals surface area contributed by atoms with Crippen molar-refractivity contribution in [2.75, 3.05) is 13.2 Å². The van der Waals surface area contributed by atoms with Crippen molar-refractivity contribution in [3.8, 4) is 0 Å². The molecular formula is C40H73O9P. The summed E-state index contributed by atoms with van der Waals surface area (Å²) in [6.45, 7) is 3.48. The van der Waals surface area contributed by atoms with Crippen LogP contribution in [0.2, 0.25) is 0 Å². The van der Waals surface area contributed by atoms with Gasteiger partial charge in [-0.2, -0.15) is 0 Å². The van der Waals surface area contributed by atoms with Gasteiger partial charge in [-0.3, -0.25) is 14.1 Å². The molecule has 0 heterocycles. The smallest absolute Gasteiger partial charge is 0.462 e. The first kappa shape index (κ1) is 48.2. The molecule has 0 aromatic heterocycles. The predicted molar refractivity (Wildman–Crippen MR) is 204 cm³/mol. The summed E-state index contributed by atoms with van der Waals surface area (Å²) >= 11 is 0. The molecule has 0 amide bonds. The maximum Gasteiger partial charge on any atom is 0.469 e. The molecule has 0 radical (unpaired) electrons. The van der Waals surface area contributed by atoms with Gasteiger partial charge in [-0.15, -0.1) is 0 Å². The largest absolute Gasteiger partial charge is 0.469 e. The maximum atomic E-state index is 12.4. The summed E-state index contributed by atoms with van der Waals surface area (Å²) in [5, 5.41) is 10.1. The number of allylic oxidation sites excluding steroid dienone is 5. The van der Waals surface area contributed by atoms with Gasteiger partial charge < -0.3 is 24.4 Å². The van der Waals surface area contributed by atoms with Crippen LogP contribution in [-0.2, 0) is 28.2 Å². The molecule has 3 N–H and O–H groups in total. The molecule has 0 aliphatic heterocycles. The zero-order chi connectivity index (χ0) is 37.0. The van der Waals surface area contributed by atoms with Crippen LogP contribution in [0.5, 0.6) is 0 Å². The molecule has 0 rings (SSSR count). The molecule has 1 unspecified atom stereocenters. The summed E-state index contributed by atoms with van der Waals surface area (Å²) in [6, 6.07) is 0. The van der Waals surface area contributed by atoms with Crippen molar-refractivity contribution >= 4 is 19.8 Å². The lowest BCUT2D eigenvalue weighted by atomic mass is 10.0. The van der Waals surface area contributed by atoms with Crippen molar-refractivity contribution in [2.45, 2.75) is 193 Å². The standard InChI is InChI=1S/C40H73O9P/c1-3-5-7-9-11-12-13-14-15-16-17-18-19-21-25-30-34-40(43)49-38(36-48-50(44,45)46)35-47-39(42)33-29-26-22-24-28-32-37(41)31-27-23-20-10-8-6-4-2/h6,8,20,23,27,31,37-38,41H,3-5,7,9-19,21-22,24-26,28-30,32-36H2,1-2H3,(H2,44,45,46)/b8-6+,23-20+,31-27+/t37?,38-/m1/s1. The van der Waals surface area contributed by atoms with Gasteiger partial charge in [0, 0.05) is 12.8 Å². The van der Waals surface area contributed by atoms with E-state index in [9.17, 15) is 19.3 Å². The molecule has 0 aromatic rings. The predicted octanol–water partition coefficient (Wildman–Crippen LogP) is 10.8. The average Bonchev–Trinajstić information content (AvgIpc) is 3.08. The number of hydrogen-bond acceptors (Lipinski definition) is 7. The highest BCUT2D eigenvalue weighted by Gasteiger charge is 2.22. The van der Waals surface area contributed by atoms with E-state index in [0.29, 0.717) is 19.3 Å². The Hall–Kier alpha value is -1.77. The number of carbonyl (C=O) groups is 2. The highest BCUT2D eigenvalue weighted by atomic mass is 31.2. The molecule has 10 heteroatoms. The molecule has 0 saturated heterocycles. The molecule has 0 aromatic carbocycles. The number of hydrogen-bond donors (Lipinski definition) is 3. The van der Waals surface area contributed by atoms with E-state index in [-0.39, 0.29) is 19.4 Å². The molecule has 0 aliphatic rings. The van der Waals surface area contributed by atoms with Crippen LogP contribution in [-0.4, -0.2) is 52.3 Å². The molecule has 0 bridgehead atoms. The van der Waals surface area contributed by atoms with Crippen molar-refractivity contribution < 1.29 is 43.0 Å². The second-order valence-electron chi connectivity index (χ2n) is 13.4. The Labute approximate surface area is 304 Å². The minimum Gasteiger partial charge on any atom is -0.462 e. The molecule has 0 spiro atoms. The Bertz CT molecular complexity index is 928. The Morgan fingerprint density at radius 1 is 0.620 bits per heavy atom. The number of carbonyl (C=O) groups excluding carboxylic acids is 2. The summed E-state index contributed by atoms with van der Waals surface area (Å²) in [4.78, 5) is 42.8. The monoisotopic (exact) mass is 728 g/mol. The van der Waals surface area contributed by atoms with E-state index >= 15 is 0 Å². The van der Waals surface area contributed by atoms with Crippen molar-refractivity contribution in [1.29, 1.82) is 0 Å². The Morgan fingerprint density at radius 2 is 1.12 bits per heavy atom. The van der Waals surface area contributed by atoms with E-state index in [1.54, 1.807) is 6.08 Å². The van der Waals surface area contributed by atoms with Gasteiger partial charge in [0.25, 0.3) is 0 Å². The topological polar surface area (TPSA) is 140 Å². The molecule has 9 nitrogen and oxygen atoms in total. The van der Waals surface area contributed by atoms with Crippen LogP contribution in [0, 0.1) is 0 Å². The molecule has 0 fully saturated rings. The summed E-state index contributed by atoms with van der Waals surface area (Å²) in [7, 11) is -4.77. The Morgan fingerprint density at radius 3 is 1.64 bits per heavy atom. The van der Waals surface area contributed by atoms with Gasteiger partial charge in [0.1, 0.15) is 6.61 Å². The number of phosphoric acid groups is 1. The second kappa shape index (κ2) is 35.6. The van der Waals surface area contributed by atoms with E-state index in [2.05, 4.69) is 30.5 Å².